The number of benzene rings is 2. The van der Waals surface area contributed by atoms with Crippen molar-refractivity contribution in [2.45, 2.75) is 25.7 Å². The van der Waals surface area contributed by atoms with Crippen LogP contribution in [0.25, 0.3) is 10.8 Å². The monoisotopic (exact) mass is 230 g/mol. The highest BCUT2D eigenvalue weighted by molar-refractivity contribution is 5.89. The van der Waals surface area contributed by atoms with Crippen LogP contribution in [0, 0.1) is 0 Å². The normalized spacial score (nSPS) is 10.9. The number of phenolic OH excluding ortho intramolecular Hbond substituents is 1. The van der Waals surface area contributed by atoms with Gasteiger partial charge in [0.05, 0.1) is 0 Å². The second-order valence-corrected chi connectivity index (χ2v) is 4.33. The number of rotatable bonds is 5. The van der Waals surface area contributed by atoms with Gasteiger partial charge in [0.1, 0.15) is 5.75 Å². The molecule has 0 aliphatic carbocycles. The fraction of sp³-hybridized carbons (Fsp3) is 0.333. The Balaban J connectivity index is 2.15. The van der Waals surface area contributed by atoms with Crippen molar-refractivity contribution in [3.8, 4) is 5.75 Å². The molecule has 2 N–H and O–H groups in total. The quantitative estimate of drug-likeness (QED) is 0.774. The number of phenols is 1. The second-order valence-electron chi connectivity index (χ2n) is 4.33. The van der Waals surface area contributed by atoms with E-state index in [4.69, 9.17) is 5.11 Å². The number of aromatic hydroxyl groups is 1. The van der Waals surface area contributed by atoms with Gasteiger partial charge in [-0.3, -0.25) is 0 Å². The van der Waals surface area contributed by atoms with Gasteiger partial charge in [0.15, 0.2) is 0 Å². The SMILES string of the molecule is OCCCCCc1ccc2ccccc2c1O. The fourth-order valence-corrected chi connectivity index (χ4v) is 2.11. The van der Waals surface area contributed by atoms with E-state index in [1.165, 1.54) is 0 Å². The Labute approximate surface area is 102 Å². The largest absolute Gasteiger partial charge is 0.507 e. The molecule has 2 nitrogen and oxygen atoms in total. The molecule has 0 saturated carbocycles. The van der Waals surface area contributed by atoms with Gasteiger partial charge in [-0.2, -0.15) is 0 Å². The smallest absolute Gasteiger partial charge is 0.126 e. The van der Waals surface area contributed by atoms with E-state index in [1.807, 2.05) is 30.3 Å². The maximum atomic E-state index is 10.2. The summed E-state index contributed by atoms with van der Waals surface area (Å²) >= 11 is 0. The molecule has 0 bridgehead atoms. The number of aryl methyl sites for hydroxylation is 1. The third-order valence-corrected chi connectivity index (χ3v) is 3.09. The number of hydrogen-bond donors (Lipinski definition) is 2. The molecule has 0 aliphatic rings. The molecule has 0 radical (unpaired) electrons. The van der Waals surface area contributed by atoms with E-state index in [2.05, 4.69) is 6.07 Å². The molecule has 2 rings (SSSR count). The van der Waals surface area contributed by atoms with Crippen LogP contribution in [-0.4, -0.2) is 16.8 Å². The molecule has 0 saturated heterocycles. The molecule has 0 aliphatic heterocycles. The van der Waals surface area contributed by atoms with Crippen molar-refractivity contribution in [2.24, 2.45) is 0 Å². The summed E-state index contributed by atoms with van der Waals surface area (Å²) in [5, 5.41) is 20.9. The first kappa shape index (κ1) is 11.9. The van der Waals surface area contributed by atoms with Crippen LogP contribution < -0.4 is 0 Å². The van der Waals surface area contributed by atoms with Gasteiger partial charge in [0.2, 0.25) is 0 Å². The third kappa shape index (κ3) is 2.77. The van der Waals surface area contributed by atoms with Gasteiger partial charge in [0.25, 0.3) is 0 Å². The van der Waals surface area contributed by atoms with Crippen molar-refractivity contribution in [2.75, 3.05) is 6.61 Å². The van der Waals surface area contributed by atoms with E-state index in [0.717, 1.165) is 42.0 Å². The Morgan fingerprint density at radius 2 is 1.71 bits per heavy atom. The third-order valence-electron chi connectivity index (χ3n) is 3.09. The van der Waals surface area contributed by atoms with Crippen molar-refractivity contribution in [1.82, 2.24) is 0 Å². The van der Waals surface area contributed by atoms with Crippen LogP contribution in [0.3, 0.4) is 0 Å². The van der Waals surface area contributed by atoms with E-state index >= 15 is 0 Å². The molecule has 0 amide bonds. The first-order valence-corrected chi connectivity index (χ1v) is 6.13. The lowest BCUT2D eigenvalue weighted by molar-refractivity contribution is 0.283. The topological polar surface area (TPSA) is 40.5 Å². The Morgan fingerprint density at radius 3 is 2.53 bits per heavy atom. The van der Waals surface area contributed by atoms with Gasteiger partial charge in [-0.25, -0.2) is 0 Å². The minimum absolute atomic E-state index is 0.254. The van der Waals surface area contributed by atoms with E-state index < -0.39 is 0 Å². The van der Waals surface area contributed by atoms with Gasteiger partial charge in [-0.15, -0.1) is 0 Å². The van der Waals surface area contributed by atoms with E-state index in [1.54, 1.807) is 0 Å². The summed E-state index contributed by atoms with van der Waals surface area (Å²) in [4.78, 5) is 0. The van der Waals surface area contributed by atoms with Gasteiger partial charge in [0, 0.05) is 12.0 Å². The Hall–Kier alpha value is -1.54. The summed E-state index contributed by atoms with van der Waals surface area (Å²) in [6.45, 7) is 0.254. The summed E-state index contributed by atoms with van der Waals surface area (Å²) in [6.07, 6.45) is 3.72. The summed E-state index contributed by atoms with van der Waals surface area (Å²) in [6, 6.07) is 11.9. The molecule has 0 fully saturated rings. The molecule has 2 aromatic carbocycles. The van der Waals surface area contributed by atoms with Crippen LogP contribution in [-0.2, 0) is 6.42 Å². The number of fused-ring (bicyclic) bond motifs is 1. The average molecular weight is 230 g/mol. The lowest BCUT2D eigenvalue weighted by Crippen LogP contribution is -1.89. The first-order valence-electron chi connectivity index (χ1n) is 6.13. The van der Waals surface area contributed by atoms with Crippen LogP contribution >= 0.6 is 0 Å². The molecular weight excluding hydrogens is 212 g/mol. The minimum atomic E-state index is 0.254. The first-order chi connectivity index (χ1) is 8.33. The molecule has 0 aromatic heterocycles. The molecule has 2 heteroatoms. The molecule has 0 unspecified atom stereocenters. The maximum Gasteiger partial charge on any atom is 0.126 e. The van der Waals surface area contributed by atoms with Gasteiger partial charge < -0.3 is 10.2 Å². The minimum Gasteiger partial charge on any atom is -0.507 e. The van der Waals surface area contributed by atoms with Crippen molar-refractivity contribution in [3.05, 3.63) is 42.0 Å². The summed E-state index contributed by atoms with van der Waals surface area (Å²) in [7, 11) is 0. The lowest BCUT2D eigenvalue weighted by Gasteiger charge is -2.07. The average Bonchev–Trinajstić information content (AvgIpc) is 2.37. The van der Waals surface area contributed by atoms with Crippen LogP contribution in [0.5, 0.6) is 5.75 Å². The predicted octanol–water partition coefficient (Wildman–Crippen LogP) is 3.25. The summed E-state index contributed by atoms with van der Waals surface area (Å²) < 4.78 is 0. The highest BCUT2D eigenvalue weighted by atomic mass is 16.3. The number of unbranched alkanes of at least 4 members (excludes halogenated alkanes) is 2. The predicted molar refractivity (Wildman–Crippen MR) is 70.3 cm³/mol. The maximum absolute atomic E-state index is 10.2. The van der Waals surface area contributed by atoms with Gasteiger partial charge in [-0.1, -0.05) is 42.8 Å². The van der Waals surface area contributed by atoms with Crippen LogP contribution in [0.2, 0.25) is 0 Å². The summed E-state index contributed by atoms with van der Waals surface area (Å²) in [5.74, 6) is 0.409. The van der Waals surface area contributed by atoms with Crippen LogP contribution in [0.15, 0.2) is 36.4 Å². The molecule has 2 aromatic rings. The molecule has 0 heterocycles. The molecule has 90 valence electrons. The fourth-order valence-electron chi connectivity index (χ4n) is 2.11. The van der Waals surface area contributed by atoms with E-state index in [-0.39, 0.29) is 6.61 Å². The van der Waals surface area contributed by atoms with Gasteiger partial charge in [-0.05, 0) is 30.2 Å². The standard InChI is InChI=1S/C15H18O2/c16-11-5-1-2-7-13-10-9-12-6-3-4-8-14(12)15(13)17/h3-4,6,8-10,16-17H,1-2,5,7,11H2. The summed E-state index contributed by atoms with van der Waals surface area (Å²) in [5.41, 5.74) is 1.00. The van der Waals surface area contributed by atoms with E-state index in [9.17, 15) is 5.11 Å². The number of aliphatic hydroxyl groups excluding tert-OH is 1. The highest BCUT2D eigenvalue weighted by Gasteiger charge is 2.05. The zero-order valence-corrected chi connectivity index (χ0v) is 9.89. The Bertz CT molecular complexity index is 491. The zero-order valence-electron chi connectivity index (χ0n) is 9.89. The molecule has 0 atom stereocenters. The van der Waals surface area contributed by atoms with E-state index in [0.29, 0.717) is 5.75 Å². The van der Waals surface area contributed by atoms with Crippen molar-refractivity contribution >= 4 is 10.8 Å². The van der Waals surface area contributed by atoms with Crippen LogP contribution in [0.4, 0.5) is 0 Å². The Morgan fingerprint density at radius 1 is 0.882 bits per heavy atom. The highest BCUT2D eigenvalue weighted by Crippen LogP contribution is 2.29. The molecule has 0 spiro atoms. The molecular formula is C15H18O2. The number of hydrogen-bond acceptors (Lipinski definition) is 2. The van der Waals surface area contributed by atoms with Crippen molar-refractivity contribution in [3.63, 3.8) is 0 Å². The Kier molecular flexibility index (Phi) is 3.99. The van der Waals surface area contributed by atoms with Crippen molar-refractivity contribution < 1.29 is 10.2 Å². The van der Waals surface area contributed by atoms with Gasteiger partial charge >= 0.3 is 0 Å². The van der Waals surface area contributed by atoms with Crippen LogP contribution in [0.1, 0.15) is 24.8 Å². The van der Waals surface area contributed by atoms with Crippen molar-refractivity contribution in [1.29, 1.82) is 0 Å². The zero-order chi connectivity index (χ0) is 12.1. The second kappa shape index (κ2) is 5.69. The lowest BCUT2D eigenvalue weighted by atomic mass is 10.0. The molecule has 17 heavy (non-hydrogen) atoms. The number of aliphatic hydroxyl groups is 1.